The molecule has 5 nitrogen and oxygen atoms in total. The molecule has 0 saturated carbocycles. The molecular weight excluding hydrogens is 1150 g/mol. The topological polar surface area (TPSA) is 22.2 Å². The van der Waals surface area contributed by atoms with Crippen LogP contribution >= 0.6 is 11.8 Å². The van der Waals surface area contributed by atoms with E-state index in [4.69, 9.17) is 4.74 Å². The highest BCUT2D eigenvalue weighted by Crippen LogP contribution is 2.52. The third-order valence-electron chi connectivity index (χ3n) is 19.0. The number of hydrogen-bond acceptors (Lipinski definition) is 6. The van der Waals surface area contributed by atoms with E-state index in [0.717, 1.165) is 118 Å². The van der Waals surface area contributed by atoms with Crippen molar-refractivity contribution in [2.45, 2.75) is 16.7 Å². The first-order chi connectivity index (χ1) is 46.1. The molecule has 0 fully saturated rings. The molecule has 93 heavy (non-hydrogen) atoms. The molecule has 0 unspecified atom stereocenters. The molecule has 0 bridgehead atoms. The van der Waals surface area contributed by atoms with Crippen molar-refractivity contribution in [3.8, 4) is 44.9 Å². The summed E-state index contributed by atoms with van der Waals surface area (Å²) in [5.74, 6) is 1.74. The van der Waals surface area contributed by atoms with Crippen LogP contribution in [-0.4, -0.2) is 13.4 Å². The van der Waals surface area contributed by atoms with E-state index in [2.05, 4.69) is 360 Å². The molecule has 4 aliphatic heterocycles. The summed E-state index contributed by atoms with van der Waals surface area (Å²) in [5.41, 5.74) is 28.7. The molecule has 0 aliphatic carbocycles. The van der Waals surface area contributed by atoms with Gasteiger partial charge in [-0.1, -0.05) is 248 Å². The molecule has 0 N–H and O–H groups in total. The Kier molecular flexibility index (Phi) is 13.2. The highest BCUT2D eigenvalue weighted by molar-refractivity contribution is 8.00. The molecule has 14 aromatic rings. The van der Waals surface area contributed by atoms with Crippen LogP contribution in [0.15, 0.2) is 343 Å². The number of rotatable bonds is 11. The first-order valence-electron chi connectivity index (χ1n) is 32.0. The van der Waals surface area contributed by atoms with Crippen LogP contribution in [0.1, 0.15) is 5.56 Å². The molecule has 8 heteroatoms. The maximum atomic E-state index is 7.28. The molecule has 0 spiro atoms. The second kappa shape index (κ2) is 22.5. The van der Waals surface area contributed by atoms with Crippen molar-refractivity contribution in [1.82, 2.24) is 0 Å². The predicted molar refractivity (Wildman–Crippen MR) is 393 cm³/mol. The van der Waals surface area contributed by atoms with Gasteiger partial charge < -0.3 is 24.3 Å². The Morgan fingerprint density at radius 3 is 1.52 bits per heavy atom. The van der Waals surface area contributed by atoms with Crippen molar-refractivity contribution < 1.29 is 4.74 Å². The van der Waals surface area contributed by atoms with Crippen molar-refractivity contribution in [1.29, 1.82) is 0 Å². The molecule has 18 rings (SSSR count). The van der Waals surface area contributed by atoms with E-state index < -0.39 is 0 Å². The number of benzene rings is 14. The molecule has 0 amide bonds. The Morgan fingerprint density at radius 1 is 0.301 bits per heavy atom. The third kappa shape index (κ3) is 9.19. The van der Waals surface area contributed by atoms with E-state index in [9.17, 15) is 0 Å². The zero-order chi connectivity index (χ0) is 61.5. The van der Waals surface area contributed by atoms with Crippen molar-refractivity contribution in [2.75, 3.05) is 19.6 Å². The highest BCUT2D eigenvalue weighted by atomic mass is 32.2. The summed E-state index contributed by atoms with van der Waals surface area (Å²) < 4.78 is 7.28. The lowest BCUT2D eigenvalue weighted by Crippen LogP contribution is -2.64. The third-order valence-corrected chi connectivity index (χ3v) is 20.1. The second-order valence-electron chi connectivity index (χ2n) is 24.4. The molecule has 14 aromatic carbocycles. The van der Waals surface area contributed by atoms with Crippen LogP contribution in [0.3, 0.4) is 0 Å². The summed E-state index contributed by atoms with van der Waals surface area (Å²) >= 11 is 1.86. The van der Waals surface area contributed by atoms with E-state index in [0.29, 0.717) is 0 Å². The van der Waals surface area contributed by atoms with Crippen LogP contribution in [-0.2, 0) is 0 Å². The predicted octanol–water partition coefficient (Wildman–Crippen LogP) is 19.1. The monoisotopic (exact) mass is 1200 g/mol. The van der Waals surface area contributed by atoms with Crippen LogP contribution in [0.4, 0.5) is 68.2 Å². The zero-order valence-corrected chi connectivity index (χ0v) is 51.8. The van der Waals surface area contributed by atoms with Gasteiger partial charge in [0.15, 0.2) is 0 Å². The molecule has 0 atom stereocenters. The first kappa shape index (κ1) is 54.5. The number of nitrogens with zero attached hydrogens (tertiary/aromatic N) is 4. The summed E-state index contributed by atoms with van der Waals surface area (Å²) in [4.78, 5) is 12.4. The fourth-order valence-corrected chi connectivity index (χ4v) is 16.2. The van der Waals surface area contributed by atoms with Crippen LogP contribution in [0.2, 0.25) is 0 Å². The Morgan fingerprint density at radius 2 is 0.817 bits per heavy atom. The van der Waals surface area contributed by atoms with Gasteiger partial charge in [-0.3, -0.25) is 0 Å². The van der Waals surface area contributed by atoms with E-state index in [-0.39, 0.29) is 13.4 Å². The van der Waals surface area contributed by atoms with Crippen molar-refractivity contribution in [2.24, 2.45) is 0 Å². The SMILES string of the molecule is Cc1cccc(-c2ccccc2)c1N1c2cc3c(cc2B2c4ccccc4N(c4ccccc4)c4cc(N(c5ccccc5)c5ccccc5)cc1c42)B1c2ccccc2Oc2cc(N(c4ccc(-c5ccccc5)cc4)c4cccc(-c5ccccc5)c4)cc(c21)S3. The van der Waals surface area contributed by atoms with Crippen LogP contribution in [0, 0.1) is 6.92 Å². The van der Waals surface area contributed by atoms with E-state index >= 15 is 0 Å². The molecule has 436 valence electrons. The van der Waals surface area contributed by atoms with Gasteiger partial charge in [-0.25, -0.2) is 0 Å². The summed E-state index contributed by atoms with van der Waals surface area (Å²) in [6, 6.07) is 122. The lowest BCUT2D eigenvalue weighted by molar-refractivity contribution is 0.486. The molecule has 0 saturated heterocycles. The van der Waals surface area contributed by atoms with Gasteiger partial charge in [0.05, 0.1) is 17.1 Å². The summed E-state index contributed by atoms with van der Waals surface area (Å²) in [6.07, 6.45) is 0. The van der Waals surface area contributed by atoms with Gasteiger partial charge >= 0.3 is 0 Å². The average Bonchev–Trinajstić information content (AvgIpc) is 0.694. The molecular formula is C85H58B2N4OS. The number of aryl methyl sites for hydroxylation is 1. The average molecular weight is 1210 g/mol. The maximum absolute atomic E-state index is 7.28. The van der Waals surface area contributed by atoms with Gasteiger partial charge in [0, 0.05) is 72.6 Å². The Labute approximate surface area is 547 Å². The number of hydrogen-bond donors (Lipinski definition) is 0. The highest BCUT2D eigenvalue weighted by Gasteiger charge is 2.47. The van der Waals surface area contributed by atoms with Gasteiger partial charge in [-0.15, -0.1) is 0 Å². The summed E-state index contributed by atoms with van der Waals surface area (Å²) in [5, 5.41) is 0. The molecule has 0 aromatic heterocycles. The van der Waals surface area contributed by atoms with Crippen molar-refractivity contribution >= 4 is 126 Å². The standard InChI is InChI=1S/C85H58B2N4OS/c1-57-26-24-41-70(61-31-12-4-13-32-61)85(57)91-76-56-81-74(55-73(76)86-71-42-20-22-44-75(71)90(65-38-18-7-19-39-65)77-51-68(52-78(91)83(77)86)88(63-34-14-5-15-35-63)64-36-16-6-17-37-64)87-72-43-21-23-45-79(72)92-80-53-69(54-82(93-81)84(80)87)89(66-48-46-60(47-49-66)58-27-8-2-9-28-58)67-40-25-33-62(50-67)59-29-10-3-11-30-59/h2-56H,1H3. The minimum absolute atomic E-state index is 0.129. The smallest absolute Gasteiger partial charge is 0.253 e. The summed E-state index contributed by atoms with van der Waals surface area (Å²) in [6.45, 7) is 2.01. The zero-order valence-electron chi connectivity index (χ0n) is 51.0. The minimum atomic E-state index is -0.153. The van der Waals surface area contributed by atoms with Gasteiger partial charge in [0.2, 0.25) is 0 Å². The Balaban J connectivity index is 0.899. The lowest BCUT2D eigenvalue weighted by atomic mass is 9.31. The molecule has 0 radical (unpaired) electrons. The quantitative estimate of drug-likeness (QED) is 0.120. The van der Waals surface area contributed by atoms with Gasteiger partial charge in [0.1, 0.15) is 11.5 Å². The van der Waals surface area contributed by atoms with Crippen LogP contribution < -0.4 is 57.1 Å². The van der Waals surface area contributed by atoms with Crippen LogP contribution in [0.25, 0.3) is 33.4 Å². The minimum Gasteiger partial charge on any atom is -0.458 e. The van der Waals surface area contributed by atoms with Crippen molar-refractivity contribution in [3.63, 3.8) is 0 Å². The number of fused-ring (bicyclic) bond motifs is 8. The second-order valence-corrected chi connectivity index (χ2v) is 25.5. The maximum Gasteiger partial charge on any atom is 0.253 e. The van der Waals surface area contributed by atoms with E-state index in [1.807, 2.05) is 11.8 Å². The molecule has 4 aliphatic rings. The first-order valence-corrected chi connectivity index (χ1v) is 32.8. The van der Waals surface area contributed by atoms with Crippen molar-refractivity contribution in [3.05, 3.63) is 339 Å². The number of anilines is 12. The van der Waals surface area contributed by atoms with E-state index in [1.165, 1.54) is 43.3 Å². The normalized spacial score (nSPS) is 12.7. The van der Waals surface area contributed by atoms with Gasteiger partial charge in [-0.05, 0) is 165 Å². The van der Waals surface area contributed by atoms with Gasteiger partial charge in [-0.2, -0.15) is 0 Å². The summed E-state index contributed by atoms with van der Waals surface area (Å²) in [7, 11) is 0. The fourth-order valence-electron chi connectivity index (χ4n) is 15.0. The lowest BCUT2D eigenvalue weighted by Gasteiger charge is -2.46. The van der Waals surface area contributed by atoms with E-state index in [1.54, 1.807) is 0 Å². The number of ether oxygens (including phenoxy) is 1. The largest absolute Gasteiger partial charge is 0.458 e. The fraction of sp³-hybridized carbons (Fsp3) is 0.0118. The molecule has 4 heterocycles. The Bertz CT molecular complexity index is 5160. The Hall–Kier alpha value is -11.4. The van der Waals surface area contributed by atoms with Gasteiger partial charge in [0.25, 0.3) is 13.4 Å². The number of para-hydroxylation sites is 6. The van der Waals surface area contributed by atoms with Crippen LogP contribution in [0.5, 0.6) is 11.5 Å².